The smallest absolute Gasteiger partial charge is 0.269 e. The van der Waals surface area contributed by atoms with E-state index in [9.17, 15) is 14.9 Å². The van der Waals surface area contributed by atoms with Crippen LogP contribution in [0.1, 0.15) is 26.2 Å². The predicted molar refractivity (Wildman–Crippen MR) is 67.5 cm³/mol. The van der Waals surface area contributed by atoms with E-state index in [-0.39, 0.29) is 11.6 Å². The van der Waals surface area contributed by atoms with Gasteiger partial charge in [-0.1, -0.05) is 13.3 Å². The summed E-state index contributed by atoms with van der Waals surface area (Å²) >= 11 is 0. The van der Waals surface area contributed by atoms with Gasteiger partial charge in [0.25, 0.3) is 11.6 Å². The van der Waals surface area contributed by atoms with Crippen LogP contribution >= 0.6 is 0 Å². The molecule has 0 aromatic heterocycles. The van der Waals surface area contributed by atoms with Gasteiger partial charge in [-0.05, 0) is 18.6 Å². The van der Waals surface area contributed by atoms with Crippen molar-refractivity contribution in [2.24, 2.45) is 5.10 Å². The van der Waals surface area contributed by atoms with Crippen molar-refractivity contribution in [2.45, 2.75) is 26.2 Å². The maximum Gasteiger partial charge on any atom is 0.269 e. The van der Waals surface area contributed by atoms with Crippen LogP contribution in [0, 0.1) is 10.1 Å². The second kappa shape index (κ2) is 4.95. The Labute approximate surface area is 104 Å². The SMILES string of the molecule is CCCC1=NN(c2ccc([N+](=O)[O-])cc2)C(=O)C1. The van der Waals surface area contributed by atoms with Gasteiger partial charge in [0.15, 0.2) is 0 Å². The second-order valence-electron chi connectivity index (χ2n) is 4.07. The van der Waals surface area contributed by atoms with E-state index in [0.29, 0.717) is 12.1 Å². The number of carbonyl (C=O) groups excluding carboxylic acids is 1. The van der Waals surface area contributed by atoms with Crippen molar-refractivity contribution in [3.63, 3.8) is 0 Å². The molecule has 0 spiro atoms. The number of hydrogen-bond acceptors (Lipinski definition) is 4. The third-order valence-corrected chi connectivity index (χ3v) is 2.68. The number of nitrogens with zero attached hydrogens (tertiary/aromatic N) is 3. The molecule has 0 saturated carbocycles. The van der Waals surface area contributed by atoms with Crippen molar-refractivity contribution in [3.05, 3.63) is 34.4 Å². The zero-order chi connectivity index (χ0) is 13.1. The molecule has 2 rings (SSSR count). The number of non-ortho nitro benzene ring substituents is 1. The van der Waals surface area contributed by atoms with Crippen LogP contribution in [-0.2, 0) is 4.79 Å². The lowest BCUT2D eigenvalue weighted by Gasteiger charge is -2.10. The van der Waals surface area contributed by atoms with Crippen molar-refractivity contribution >= 4 is 23.0 Å². The normalized spacial score (nSPS) is 14.8. The highest BCUT2D eigenvalue weighted by molar-refractivity contribution is 6.12. The van der Waals surface area contributed by atoms with Gasteiger partial charge in [0.2, 0.25) is 0 Å². The average molecular weight is 247 g/mol. The fourth-order valence-electron chi connectivity index (χ4n) is 1.83. The molecule has 0 aliphatic carbocycles. The Morgan fingerprint density at radius 2 is 2.06 bits per heavy atom. The van der Waals surface area contributed by atoms with Crippen LogP contribution in [0.15, 0.2) is 29.4 Å². The molecule has 1 heterocycles. The fraction of sp³-hybridized carbons (Fsp3) is 0.333. The summed E-state index contributed by atoms with van der Waals surface area (Å²) in [5.41, 5.74) is 1.43. The number of rotatable bonds is 4. The molecule has 0 atom stereocenters. The summed E-state index contributed by atoms with van der Waals surface area (Å²) in [6.45, 7) is 2.03. The topological polar surface area (TPSA) is 75.8 Å². The van der Waals surface area contributed by atoms with Crippen LogP contribution in [0.25, 0.3) is 0 Å². The molecule has 1 aliphatic rings. The minimum Gasteiger partial charge on any atom is -0.272 e. The van der Waals surface area contributed by atoms with E-state index in [2.05, 4.69) is 5.10 Å². The monoisotopic (exact) mass is 247 g/mol. The van der Waals surface area contributed by atoms with Crippen LogP contribution < -0.4 is 5.01 Å². The Hall–Kier alpha value is -2.24. The van der Waals surface area contributed by atoms with Gasteiger partial charge >= 0.3 is 0 Å². The van der Waals surface area contributed by atoms with Gasteiger partial charge in [-0.2, -0.15) is 5.10 Å². The number of benzene rings is 1. The number of nitro benzene ring substituents is 1. The molecule has 1 aromatic rings. The van der Waals surface area contributed by atoms with Gasteiger partial charge in [-0.15, -0.1) is 0 Å². The third kappa shape index (κ3) is 2.37. The molecule has 94 valence electrons. The average Bonchev–Trinajstić information content (AvgIpc) is 2.71. The van der Waals surface area contributed by atoms with Crippen molar-refractivity contribution in [3.8, 4) is 0 Å². The summed E-state index contributed by atoms with van der Waals surface area (Å²) in [6, 6.07) is 5.81. The third-order valence-electron chi connectivity index (χ3n) is 2.68. The number of hydrazone groups is 1. The Balaban J connectivity index is 2.21. The predicted octanol–water partition coefficient (Wildman–Crippen LogP) is 2.49. The minimum atomic E-state index is -0.471. The Kier molecular flexibility index (Phi) is 3.36. The first kappa shape index (κ1) is 12.2. The van der Waals surface area contributed by atoms with Crippen LogP contribution in [0.2, 0.25) is 0 Å². The van der Waals surface area contributed by atoms with Crippen LogP contribution in [0.3, 0.4) is 0 Å². The molecule has 0 saturated heterocycles. The molecular formula is C12H13N3O3. The Bertz CT molecular complexity index is 508. The van der Waals surface area contributed by atoms with E-state index in [1.165, 1.54) is 29.3 Å². The van der Waals surface area contributed by atoms with E-state index in [1.54, 1.807) is 0 Å². The lowest BCUT2D eigenvalue weighted by atomic mass is 10.2. The highest BCUT2D eigenvalue weighted by Crippen LogP contribution is 2.24. The summed E-state index contributed by atoms with van der Waals surface area (Å²) in [5.74, 6) is -0.0905. The Morgan fingerprint density at radius 3 is 2.61 bits per heavy atom. The number of anilines is 1. The molecule has 1 amide bonds. The fourth-order valence-corrected chi connectivity index (χ4v) is 1.83. The minimum absolute atomic E-state index is 0.00292. The quantitative estimate of drug-likeness (QED) is 0.605. The van der Waals surface area contributed by atoms with Gasteiger partial charge < -0.3 is 0 Å². The van der Waals surface area contributed by atoms with Crippen LogP contribution in [0.5, 0.6) is 0 Å². The highest BCUT2D eigenvalue weighted by atomic mass is 16.6. The molecule has 6 heteroatoms. The number of carbonyl (C=O) groups is 1. The second-order valence-corrected chi connectivity index (χ2v) is 4.07. The molecule has 0 bridgehead atoms. The Morgan fingerprint density at radius 1 is 1.39 bits per heavy atom. The first-order valence-electron chi connectivity index (χ1n) is 5.75. The maximum atomic E-state index is 11.8. The lowest BCUT2D eigenvalue weighted by Crippen LogP contribution is -2.19. The maximum absolute atomic E-state index is 11.8. The molecule has 6 nitrogen and oxygen atoms in total. The molecule has 18 heavy (non-hydrogen) atoms. The van der Waals surface area contributed by atoms with Gasteiger partial charge in [0, 0.05) is 17.8 Å². The van der Waals surface area contributed by atoms with Gasteiger partial charge in [-0.25, -0.2) is 5.01 Å². The van der Waals surface area contributed by atoms with Crippen LogP contribution in [0.4, 0.5) is 11.4 Å². The number of hydrogen-bond donors (Lipinski definition) is 0. The summed E-state index contributed by atoms with van der Waals surface area (Å²) in [6.07, 6.45) is 2.08. The van der Waals surface area contributed by atoms with Crippen LogP contribution in [-0.4, -0.2) is 16.5 Å². The van der Waals surface area contributed by atoms with E-state index in [4.69, 9.17) is 0 Å². The largest absolute Gasteiger partial charge is 0.272 e. The van der Waals surface area contributed by atoms with Gasteiger partial charge in [0.05, 0.1) is 17.0 Å². The molecular weight excluding hydrogens is 234 g/mol. The number of nitro groups is 1. The first-order valence-corrected chi connectivity index (χ1v) is 5.75. The number of amides is 1. The van der Waals surface area contributed by atoms with E-state index in [1.807, 2.05) is 6.92 Å². The molecule has 1 aromatic carbocycles. The van der Waals surface area contributed by atoms with E-state index >= 15 is 0 Å². The summed E-state index contributed by atoms with van der Waals surface area (Å²) in [4.78, 5) is 21.8. The molecule has 0 unspecified atom stereocenters. The standard InChI is InChI=1S/C12H13N3O3/c1-2-3-9-8-12(16)14(13-9)10-4-6-11(7-5-10)15(17)18/h4-7H,2-3,8H2,1H3. The van der Waals surface area contributed by atoms with Crippen molar-refractivity contribution in [2.75, 3.05) is 5.01 Å². The summed E-state index contributed by atoms with van der Waals surface area (Å²) in [7, 11) is 0. The summed E-state index contributed by atoms with van der Waals surface area (Å²) in [5, 5.41) is 16.1. The van der Waals surface area contributed by atoms with Crippen molar-refractivity contribution in [1.82, 2.24) is 0 Å². The van der Waals surface area contributed by atoms with Gasteiger partial charge in [-0.3, -0.25) is 14.9 Å². The molecule has 0 radical (unpaired) electrons. The first-order chi connectivity index (χ1) is 8.61. The summed E-state index contributed by atoms with van der Waals surface area (Å²) < 4.78 is 0. The zero-order valence-electron chi connectivity index (χ0n) is 10.00. The van der Waals surface area contributed by atoms with Crippen molar-refractivity contribution in [1.29, 1.82) is 0 Å². The van der Waals surface area contributed by atoms with Crippen molar-refractivity contribution < 1.29 is 9.72 Å². The molecule has 0 N–H and O–H groups in total. The van der Waals surface area contributed by atoms with E-state index < -0.39 is 4.92 Å². The van der Waals surface area contributed by atoms with E-state index in [0.717, 1.165) is 18.6 Å². The molecule has 1 aliphatic heterocycles. The molecule has 0 fully saturated rings. The zero-order valence-corrected chi connectivity index (χ0v) is 10.00. The highest BCUT2D eigenvalue weighted by Gasteiger charge is 2.24. The lowest BCUT2D eigenvalue weighted by molar-refractivity contribution is -0.384. The van der Waals surface area contributed by atoms with Gasteiger partial charge in [0.1, 0.15) is 0 Å².